The first kappa shape index (κ1) is 16.7. The summed E-state index contributed by atoms with van der Waals surface area (Å²) < 4.78 is 0. The third kappa shape index (κ3) is 2.98. The Labute approximate surface area is 154 Å². The van der Waals surface area contributed by atoms with Gasteiger partial charge in [-0.15, -0.1) is 11.8 Å². The molecule has 3 heterocycles. The average Bonchev–Trinajstić information content (AvgIpc) is 3.11. The minimum absolute atomic E-state index is 0.00490. The third-order valence-electron chi connectivity index (χ3n) is 4.74. The summed E-state index contributed by atoms with van der Waals surface area (Å²) >= 11 is 7.66. The van der Waals surface area contributed by atoms with Crippen LogP contribution in [0.4, 0.5) is 5.69 Å². The summed E-state index contributed by atoms with van der Waals surface area (Å²) in [5.74, 6) is 0.986. The zero-order valence-corrected chi connectivity index (χ0v) is 14.9. The molecular formula is C16H17ClN4O3S. The quantitative estimate of drug-likeness (QED) is 0.746. The Morgan fingerprint density at radius 3 is 2.88 bits per heavy atom. The molecule has 0 bridgehead atoms. The summed E-state index contributed by atoms with van der Waals surface area (Å²) in [5, 5.41) is 6.38. The topological polar surface area (TPSA) is 81.8 Å². The van der Waals surface area contributed by atoms with E-state index in [0.29, 0.717) is 29.4 Å². The van der Waals surface area contributed by atoms with Crippen molar-refractivity contribution in [2.24, 2.45) is 0 Å². The lowest BCUT2D eigenvalue weighted by molar-refractivity contribution is -0.137. The first-order valence-electron chi connectivity index (χ1n) is 8.06. The Morgan fingerprint density at radius 2 is 2.12 bits per heavy atom. The number of piperazine rings is 1. The zero-order chi connectivity index (χ0) is 17.6. The fourth-order valence-electron chi connectivity index (χ4n) is 3.40. The molecule has 2 atom stereocenters. The van der Waals surface area contributed by atoms with E-state index in [1.54, 1.807) is 39.8 Å². The highest BCUT2D eigenvalue weighted by Crippen LogP contribution is 2.28. The zero-order valence-electron chi connectivity index (χ0n) is 13.3. The molecule has 0 aliphatic carbocycles. The molecule has 0 radical (unpaired) electrons. The summed E-state index contributed by atoms with van der Waals surface area (Å²) in [6, 6.07) is 3.93. The summed E-state index contributed by atoms with van der Waals surface area (Å²) in [5.41, 5.74) is 0.845. The monoisotopic (exact) mass is 380 g/mol. The molecular weight excluding hydrogens is 364 g/mol. The molecule has 3 amide bonds. The van der Waals surface area contributed by atoms with Crippen LogP contribution in [0, 0.1) is 0 Å². The lowest BCUT2D eigenvalue weighted by Crippen LogP contribution is -2.61. The second-order valence-corrected chi connectivity index (χ2v) is 7.72. The van der Waals surface area contributed by atoms with Gasteiger partial charge in [-0.2, -0.15) is 0 Å². The van der Waals surface area contributed by atoms with Gasteiger partial charge in [0, 0.05) is 29.7 Å². The van der Waals surface area contributed by atoms with Gasteiger partial charge >= 0.3 is 0 Å². The van der Waals surface area contributed by atoms with Crippen molar-refractivity contribution in [3.05, 3.63) is 28.8 Å². The van der Waals surface area contributed by atoms with Crippen LogP contribution in [0.15, 0.2) is 18.2 Å². The van der Waals surface area contributed by atoms with E-state index in [2.05, 4.69) is 10.6 Å². The number of benzene rings is 1. The standard InChI is InChI=1S/C16H17ClN4O3S/c17-9-1-2-10-11(5-9)19-14(22)13-6-20(3-4-21(13)15(10)23)16(24)12-7-25-8-18-12/h1-2,5,12-13,18H,3-4,6-8H2,(H,19,22)/t12-,13+/m1/s1. The number of hydrogen-bond acceptors (Lipinski definition) is 5. The molecule has 3 aliphatic rings. The van der Waals surface area contributed by atoms with E-state index in [1.807, 2.05) is 0 Å². The van der Waals surface area contributed by atoms with E-state index < -0.39 is 6.04 Å². The maximum atomic E-state index is 12.8. The van der Waals surface area contributed by atoms with Crippen LogP contribution in [0.1, 0.15) is 10.4 Å². The third-order valence-corrected chi connectivity index (χ3v) is 5.91. The van der Waals surface area contributed by atoms with Crippen molar-refractivity contribution in [2.75, 3.05) is 36.6 Å². The highest BCUT2D eigenvalue weighted by Gasteiger charge is 2.41. The second-order valence-electron chi connectivity index (χ2n) is 6.25. The number of hydrogen-bond donors (Lipinski definition) is 2. The van der Waals surface area contributed by atoms with Crippen LogP contribution in [-0.2, 0) is 9.59 Å². The SMILES string of the molecule is O=C1Nc2cc(Cl)ccc2C(=O)N2CCN(C(=O)[C@H]3CSCN3)C[C@@H]12. The molecule has 4 rings (SSSR count). The molecule has 132 valence electrons. The molecule has 1 aromatic carbocycles. The fourth-order valence-corrected chi connectivity index (χ4v) is 4.51. The van der Waals surface area contributed by atoms with Crippen LogP contribution in [0.2, 0.25) is 5.02 Å². The number of amides is 3. The minimum atomic E-state index is -0.689. The molecule has 25 heavy (non-hydrogen) atoms. The van der Waals surface area contributed by atoms with Crippen molar-refractivity contribution in [2.45, 2.75) is 12.1 Å². The van der Waals surface area contributed by atoms with Crippen LogP contribution in [-0.4, -0.2) is 70.9 Å². The van der Waals surface area contributed by atoms with Crippen molar-refractivity contribution >= 4 is 46.8 Å². The molecule has 2 N–H and O–H groups in total. The molecule has 2 saturated heterocycles. The van der Waals surface area contributed by atoms with Crippen molar-refractivity contribution in [3.63, 3.8) is 0 Å². The number of thioether (sulfide) groups is 1. The highest BCUT2D eigenvalue weighted by molar-refractivity contribution is 7.99. The van der Waals surface area contributed by atoms with Crippen LogP contribution in [0.5, 0.6) is 0 Å². The van der Waals surface area contributed by atoms with E-state index in [0.717, 1.165) is 11.6 Å². The van der Waals surface area contributed by atoms with Crippen LogP contribution < -0.4 is 10.6 Å². The number of anilines is 1. The van der Waals surface area contributed by atoms with Gasteiger partial charge in [-0.05, 0) is 18.2 Å². The number of halogens is 1. The van der Waals surface area contributed by atoms with E-state index in [1.165, 1.54) is 0 Å². The molecule has 7 nitrogen and oxygen atoms in total. The number of rotatable bonds is 1. The van der Waals surface area contributed by atoms with Crippen LogP contribution in [0.3, 0.4) is 0 Å². The normalized spacial score (nSPS) is 26.0. The van der Waals surface area contributed by atoms with Gasteiger partial charge in [0.25, 0.3) is 5.91 Å². The molecule has 9 heteroatoms. The Balaban J connectivity index is 1.58. The van der Waals surface area contributed by atoms with Gasteiger partial charge in [-0.3, -0.25) is 19.7 Å². The Morgan fingerprint density at radius 1 is 1.28 bits per heavy atom. The van der Waals surface area contributed by atoms with Crippen molar-refractivity contribution < 1.29 is 14.4 Å². The van der Waals surface area contributed by atoms with E-state index in [4.69, 9.17) is 11.6 Å². The van der Waals surface area contributed by atoms with Gasteiger partial charge in [-0.1, -0.05) is 11.6 Å². The number of carbonyl (C=O) groups excluding carboxylic acids is 3. The van der Waals surface area contributed by atoms with E-state index >= 15 is 0 Å². The van der Waals surface area contributed by atoms with Gasteiger partial charge < -0.3 is 15.1 Å². The average molecular weight is 381 g/mol. The van der Waals surface area contributed by atoms with Crippen molar-refractivity contribution in [3.8, 4) is 0 Å². The Bertz CT molecular complexity index is 753. The van der Waals surface area contributed by atoms with Crippen molar-refractivity contribution in [1.29, 1.82) is 0 Å². The predicted molar refractivity (Wildman–Crippen MR) is 95.7 cm³/mol. The molecule has 3 aliphatic heterocycles. The number of carbonyl (C=O) groups is 3. The Hall–Kier alpha value is -1.77. The first-order chi connectivity index (χ1) is 12.0. The maximum absolute atomic E-state index is 12.8. The summed E-state index contributed by atoms with van der Waals surface area (Å²) in [6.07, 6.45) is 0. The lowest BCUT2D eigenvalue weighted by Gasteiger charge is -2.40. The molecule has 0 spiro atoms. The molecule has 0 saturated carbocycles. The Kier molecular flexibility index (Phi) is 4.35. The smallest absolute Gasteiger partial charge is 0.256 e. The summed E-state index contributed by atoms with van der Waals surface area (Å²) in [6.45, 7) is 0.978. The van der Waals surface area contributed by atoms with Gasteiger partial charge in [0.2, 0.25) is 11.8 Å². The first-order valence-corrected chi connectivity index (χ1v) is 9.59. The van der Waals surface area contributed by atoms with Gasteiger partial charge in [0.1, 0.15) is 6.04 Å². The molecule has 0 unspecified atom stereocenters. The van der Waals surface area contributed by atoms with Crippen molar-refractivity contribution in [1.82, 2.24) is 15.1 Å². The number of nitrogens with one attached hydrogen (secondary N) is 2. The van der Waals surface area contributed by atoms with Gasteiger partial charge in [0.15, 0.2) is 0 Å². The second kappa shape index (κ2) is 6.51. The minimum Gasteiger partial charge on any atom is -0.337 e. The molecule has 0 aromatic heterocycles. The summed E-state index contributed by atoms with van der Waals surface area (Å²) in [7, 11) is 0. The lowest BCUT2D eigenvalue weighted by atomic mass is 10.1. The van der Waals surface area contributed by atoms with Gasteiger partial charge in [-0.25, -0.2) is 0 Å². The van der Waals surface area contributed by atoms with E-state index in [9.17, 15) is 14.4 Å². The van der Waals surface area contributed by atoms with E-state index in [-0.39, 0.29) is 30.3 Å². The number of nitrogens with zero attached hydrogens (tertiary/aromatic N) is 2. The predicted octanol–water partition coefficient (Wildman–Crippen LogP) is 0.608. The molecule has 2 fully saturated rings. The van der Waals surface area contributed by atoms with Crippen LogP contribution in [0.25, 0.3) is 0 Å². The largest absolute Gasteiger partial charge is 0.337 e. The molecule has 1 aromatic rings. The van der Waals surface area contributed by atoms with Gasteiger partial charge in [0.05, 0.1) is 23.8 Å². The van der Waals surface area contributed by atoms with Crippen LogP contribution >= 0.6 is 23.4 Å². The maximum Gasteiger partial charge on any atom is 0.256 e. The summed E-state index contributed by atoms with van der Waals surface area (Å²) in [4.78, 5) is 41.3. The highest BCUT2D eigenvalue weighted by atomic mass is 35.5. The fraction of sp³-hybridized carbons (Fsp3) is 0.438. The number of fused-ring (bicyclic) bond motifs is 2.